The molecule has 0 fully saturated rings. The maximum atomic E-state index is 12.3. The van der Waals surface area contributed by atoms with Crippen LogP contribution in [0.2, 0.25) is 0 Å². The summed E-state index contributed by atoms with van der Waals surface area (Å²) in [7, 11) is 1.40. The highest BCUT2D eigenvalue weighted by atomic mass is 35.5. The average Bonchev–Trinajstić information content (AvgIpc) is 3.12. The summed E-state index contributed by atoms with van der Waals surface area (Å²) in [5.41, 5.74) is 7.52. The van der Waals surface area contributed by atoms with Crippen LogP contribution in [0.3, 0.4) is 0 Å². The largest absolute Gasteiger partial charge is 0.493 e. The van der Waals surface area contributed by atoms with Gasteiger partial charge in [0.25, 0.3) is 11.6 Å². The smallest absolute Gasteiger partial charge is 0.286 e. The normalized spacial score (nSPS) is 10.8. The zero-order valence-corrected chi connectivity index (χ0v) is 17.7. The summed E-state index contributed by atoms with van der Waals surface area (Å²) in [5, 5.41) is 15.8. The molecule has 0 aliphatic heterocycles. The Morgan fingerprint density at radius 2 is 2.11 bits per heavy atom. The number of carbonyl (C=O) groups excluding carboxylic acids is 1. The van der Waals surface area contributed by atoms with Gasteiger partial charge in [-0.1, -0.05) is 0 Å². The van der Waals surface area contributed by atoms with Gasteiger partial charge in [-0.15, -0.1) is 36.2 Å². The van der Waals surface area contributed by atoms with Crippen LogP contribution in [0.5, 0.6) is 11.5 Å². The lowest BCUT2D eigenvalue weighted by Crippen LogP contribution is -2.29. The van der Waals surface area contributed by atoms with Gasteiger partial charge in [-0.2, -0.15) is 0 Å². The molecule has 0 spiro atoms. The number of halogens is 2. The Morgan fingerprint density at radius 1 is 1.39 bits per heavy atom. The Hall–Kier alpha value is -2.14. The van der Waals surface area contributed by atoms with Crippen molar-refractivity contribution in [1.82, 2.24) is 10.3 Å². The van der Waals surface area contributed by atoms with Crippen LogP contribution in [0.1, 0.15) is 29.4 Å². The molecular weight excluding hydrogens is 431 g/mol. The lowest BCUT2D eigenvalue weighted by Gasteiger charge is -2.13. The minimum atomic E-state index is -0.629. The van der Waals surface area contributed by atoms with E-state index in [9.17, 15) is 14.9 Å². The van der Waals surface area contributed by atoms with E-state index in [2.05, 4.69) is 10.3 Å². The highest BCUT2D eigenvalue weighted by molar-refractivity contribution is 7.07. The van der Waals surface area contributed by atoms with E-state index in [0.717, 1.165) is 0 Å². The van der Waals surface area contributed by atoms with Crippen LogP contribution in [0.15, 0.2) is 23.0 Å². The minimum absolute atomic E-state index is 0. The number of hydrogen-bond acceptors (Lipinski definition) is 8. The highest BCUT2D eigenvalue weighted by Crippen LogP contribution is 2.35. The number of nitrogens with one attached hydrogen (secondary N) is 1. The van der Waals surface area contributed by atoms with Gasteiger partial charge >= 0.3 is 0 Å². The molecule has 12 heteroatoms. The monoisotopic (exact) mass is 452 g/mol. The number of methoxy groups -OCH3 is 1. The fraction of sp³-hybridized carbons (Fsp3) is 0.375. The van der Waals surface area contributed by atoms with Crippen molar-refractivity contribution in [3.05, 3.63) is 44.4 Å². The molecule has 1 heterocycles. The Labute approximate surface area is 178 Å². The summed E-state index contributed by atoms with van der Waals surface area (Å²) in [6.07, 6.45) is 0.561. The fourth-order valence-corrected chi connectivity index (χ4v) is 2.67. The van der Waals surface area contributed by atoms with Crippen molar-refractivity contribution in [3.8, 4) is 11.5 Å². The van der Waals surface area contributed by atoms with Crippen molar-refractivity contribution in [2.24, 2.45) is 5.73 Å². The van der Waals surface area contributed by atoms with Crippen LogP contribution in [-0.2, 0) is 6.61 Å². The van der Waals surface area contributed by atoms with Gasteiger partial charge in [0.15, 0.2) is 11.5 Å². The van der Waals surface area contributed by atoms with Crippen molar-refractivity contribution < 1.29 is 19.2 Å². The molecule has 1 aromatic carbocycles. The Kier molecular flexibility index (Phi) is 11.4. The second-order valence-electron chi connectivity index (χ2n) is 5.57. The first-order valence-corrected chi connectivity index (χ1v) is 8.76. The molecule has 156 valence electrons. The summed E-state index contributed by atoms with van der Waals surface area (Å²) < 4.78 is 10.8. The molecule has 0 radical (unpaired) electrons. The number of thiazole rings is 1. The molecule has 0 aliphatic carbocycles. The minimum Gasteiger partial charge on any atom is -0.493 e. The summed E-state index contributed by atoms with van der Waals surface area (Å²) in [6.45, 7) is 2.26. The highest BCUT2D eigenvalue weighted by Gasteiger charge is 2.24. The van der Waals surface area contributed by atoms with Crippen molar-refractivity contribution in [1.29, 1.82) is 0 Å². The number of nitrogens with two attached hydrogens (primary N) is 1. The lowest BCUT2D eigenvalue weighted by atomic mass is 10.1. The number of nitro groups is 1. The summed E-state index contributed by atoms with van der Waals surface area (Å²) in [5.74, 6) is -0.177. The first-order valence-electron chi connectivity index (χ1n) is 7.82. The number of rotatable bonds is 9. The van der Waals surface area contributed by atoms with Gasteiger partial charge in [0.2, 0.25) is 0 Å². The van der Waals surface area contributed by atoms with Gasteiger partial charge < -0.3 is 20.5 Å². The van der Waals surface area contributed by atoms with Gasteiger partial charge in [-0.25, -0.2) is 4.98 Å². The maximum absolute atomic E-state index is 12.3. The van der Waals surface area contributed by atoms with Crippen molar-refractivity contribution in [2.45, 2.75) is 26.0 Å². The van der Waals surface area contributed by atoms with Gasteiger partial charge in [0.05, 0.1) is 29.3 Å². The number of ether oxygens (including phenoxy) is 2. The molecule has 2 aromatic rings. The molecule has 2 rings (SSSR count). The molecule has 0 aliphatic rings. The van der Waals surface area contributed by atoms with E-state index >= 15 is 0 Å². The number of hydrogen-bond donors (Lipinski definition) is 2. The molecule has 1 atom stereocenters. The molecule has 1 aromatic heterocycles. The standard InChI is InChI=1S/C16H20N4O5S.2ClH/c1-10(17)3-4-18-16(21)12-5-14(24-2)15(6-13(12)20(22)23)25-7-11-8-26-9-19-11;;/h5-6,8-10H,3-4,7,17H2,1-2H3,(H,18,21);2*1H. The fourth-order valence-electron chi connectivity index (χ4n) is 2.12. The second-order valence-corrected chi connectivity index (χ2v) is 6.29. The summed E-state index contributed by atoms with van der Waals surface area (Å²) in [6, 6.07) is 2.41. The number of carbonyl (C=O) groups is 1. The van der Waals surface area contributed by atoms with Crippen LogP contribution in [0.25, 0.3) is 0 Å². The van der Waals surface area contributed by atoms with Crippen LogP contribution in [0, 0.1) is 10.1 Å². The van der Waals surface area contributed by atoms with Gasteiger partial charge in [-0.3, -0.25) is 14.9 Å². The quantitative estimate of drug-likeness (QED) is 0.441. The molecule has 28 heavy (non-hydrogen) atoms. The predicted octanol–water partition coefficient (Wildman–Crippen LogP) is 2.95. The average molecular weight is 453 g/mol. The van der Waals surface area contributed by atoms with Gasteiger partial charge in [0.1, 0.15) is 12.2 Å². The molecule has 0 bridgehead atoms. The zero-order valence-electron chi connectivity index (χ0n) is 15.2. The predicted molar refractivity (Wildman–Crippen MR) is 111 cm³/mol. The zero-order chi connectivity index (χ0) is 19.1. The number of amides is 1. The topological polar surface area (TPSA) is 130 Å². The third-order valence-electron chi connectivity index (χ3n) is 3.47. The summed E-state index contributed by atoms with van der Waals surface area (Å²) >= 11 is 1.42. The van der Waals surface area contributed by atoms with E-state index in [0.29, 0.717) is 18.7 Å². The number of nitrogens with zero attached hydrogens (tertiary/aromatic N) is 2. The van der Waals surface area contributed by atoms with Crippen LogP contribution in [-0.4, -0.2) is 35.5 Å². The van der Waals surface area contributed by atoms with Gasteiger partial charge in [0, 0.05) is 24.0 Å². The number of nitro benzene ring substituents is 1. The van der Waals surface area contributed by atoms with Crippen molar-refractivity contribution >= 4 is 47.7 Å². The first-order chi connectivity index (χ1) is 12.4. The molecule has 0 saturated carbocycles. The Balaban J connectivity index is 0.00000364. The van der Waals surface area contributed by atoms with Gasteiger partial charge in [-0.05, 0) is 13.3 Å². The molecule has 0 saturated heterocycles. The molecular formula is C16H22Cl2N4O5S. The van der Waals surface area contributed by atoms with Crippen molar-refractivity contribution in [3.63, 3.8) is 0 Å². The SMILES string of the molecule is COc1cc(C(=O)NCCC(C)N)c([N+](=O)[O-])cc1OCc1cscn1.Cl.Cl. The van der Waals surface area contributed by atoms with E-state index in [1.807, 2.05) is 6.92 Å². The molecule has 9 nitrogen and oxygen atoms in total. The van der Waals surface area contributed by atoms with Crippen LogP contribution >= 0.6 is 36.2 Å². The first kappa shape index (κ1) is 25.9. The Morgan fingerprint density at radius 3 is 2.64 bits per heavy atom. The third kappa shape index (κ3) is 7.12. The second kappa shape index (κ2) is 12.3. The van der Waals surface area contributed by atoms with E-state index in [1.165, 1.54) is 30.6 Å². The van der Waals surface area contributed by atoms with Crippen LogP contribution in [0.4, 0.5) is 5.69 Å². The van der Waals surface area contributed by atoms with E-state index < -0.39 is 10.8 Å². The lowest BCUT2D eigenvalue weighted by molar-refractivity contribution is -0.385. The molecule has 1 unspecified atom stereocenters. The molecule has 3 N–H and O–H groups in total. The van der Waals surface area contributed by atoms with E-state index in [-0.39, 0.29) is 60.2 Å². The summed E-state index contributed by atoms with van der Waals surface area (Å²) in [4.78, 5) is 27.2. The van der Waals surface area contributed by atoms with E-state index in [4.69, 9.17) is 15.2 Å². The number of aromatic nitrogens is 1. The molecule has 1 amide bonds. The van der Waals surface area contributed by atoms with Crippen LogP contribution < -0.4 is 20.5 Å². The maximum Gasteiger partial charge on any atom is 0.286 e. The third-order valence-corrected chi connectivity index (χ3v) is 4.10. The Bertz CT molecular complexity index is 775. The van der Waals surface area contributed by atoms with Crippen molar-refractivity contribution in [2.75, 3.05) is 13.7 Å². The van der Waals surface area contributed by atoms with E-state index in [1.54, 1.807) is 10.9 Å². The number of benzene rings is 1.